The zero-order valence-electron chi connectivity index (χ0n) is 12.6. The topological polar surface area (TPSA) is 27.7 Å². The Labute approximate surface area is 116 Å². The standard InChI is InChI=1S/C16H26O3/c1-5-6-7-8-12-17-14-10-9-11-15(13-14)18-19-16(2,3)4/h9-11,13H,5-8,12H2,1-4H3. The van der Waals surface area contributed by atoms with E-state index >= 15 is 0 Å². The van der Waals surface area contributed by atoms with E-state index in [0.29, 0.717) is 5.75 Å². The van der Waals surface area contributed by atoms with Crippen LogP contribution in [0.25, 0.3) is 0 Å². The Morgan fingerprint density at radius 3 is 2.42 bits per heavy atom. The molecule has 3 nitrogen and oxygen atoms in total. The summed E-state index contributed by atoms with van der Waals surface area (Å²) in [7, 11) is 0. The van der Waals surface area contributed by atoms with Gasteiger partial charge in [0.15, 0.2) is 5.75 Å². The van der Waals surface area contributed by atoms with Crippen LogP contribution in [0.1, 0.15) is 53.4 Å². The summed E-state index contributed by atoms with van der Waals surface area (Å²) in [5.41, 5.74) is -0.322. The van der Waals surface area contributed by atoms with E-state index < -0.39 is 0 Å². The molecule has 108 valence electrons. The van der Waals surface area contributed by atoms with Crippen molar-refractivity contribution < 1.29 is 14.5 Å². The van der Waals surface area contributed by atoms with Gasteiger partial charge >= 0.3 is 0 Å². The zero-order valence-corrected chi connectivity index (χ0v) is 12.6. The second-order valence-corrected chi connectivity index (χ2v) is 5.66. The van der Waals surface area contributed by atoms with Crippen molar-refractivity contribution in [2.75, 3.05) is 6.61 Å². The predicted molar refractivity (Wildman–Crippen MR) is 77.5 cm³/mol. The number of hydrogen-bond donors (Lipinski definition) is 0. The quantitative estimate of drug-likeness (QED) is 0.386. The third-order valence-corrected chi connectivity index (χ3v) is 2.46. The van der Waals surface area contributed by atoms with Crippen molar-refractivity contribution in [2.45, 2.75) is 59.0 Å². The van der Waals surface area contributed by atoms with Crippen LogP contribution in [-0.4, -0.2) is 12.2 Å². The molecule has 0 fully saturated rings. The van der Waals surface area contributed by atoms with Crippen LogP contribution in [0.15, 0.2) is 24.3 Å². The van der Waals surface area contributed by atoms with Gasteiger partial charge < -0.3 is 9.62 Å². The maximum absolute atomic E-state index is 5.69. The molecule has 19 heavy (non-hydrogen) atoms. The Hall–Kier alpha value is -1.22. The van der Waals surface area contributed by atoms with Crippen molar-refractivity contribution in [3.8, 4) is 11.5 Å². The minimum atomic E-state index is -0.322. The van der Waals surface area contributed by atoms with E-state index in [9.17, 15) is 0 Å². The molecule has 0 saturated carbocycles. The summed E-state index contributed by atoms with van der Waals surface area (Å²) < 4.78 is 5.69. The van der Waals surface area contributed by atoms with Crippen molar-refractivity contribution in [1.29, 1.82) is 0 Å². The summed E-state index contributed by atoms with van der Waals surface area (Å²) in [6, 6.07) is 7.55. The van der Waals surface area contributed by atoms with E-state index in [1.807, 2.05) is 45.0 Å². The highest BCUT2D eigenvalue weighted by Gasteiger charge is 2.12. The Morgan fingerprint density at radius 1 is 1.00 bits per heavy atom. The molecular formula is C16H26O3. The molecule has 0 aliphatic carbocycles. The van der Waals surface area contributed by atoms with Crippen molar-refractivity contribution in [1.82, 2.24) is 0 Å². The number of unbranched alkanes of at least 4 members (excludes halogenated alkanes) is 3. The molecule has 0 unspecified atom stereocenters. The van der Waals surface area contributed by atoms with Gasteiger partial charge in [-0.15, -0.1) is 0 Å². The molecule has 1 rings (SSSR count). The van der Waals surface area contributed by atoms with Crippen molar-refractivity contribution in [3.05, 3.63) is 24.3 Å². The molecule has 1 aromatic carbocycles. The van der Waals surface area contributed by atoms with Crippen molar-refractivity contribution in [2.24, 2.45) is 0 Å². The van der Waals surface area contributed by atoms with Crippen LogP contribution in [-0.2, 0) is 4.89 Å². The average molecular weight is 266 g/mol. The molecule has 3 heteroatoms. The van der Waals surface area contributed by atoms with Gasteiger partial charge in [0.2, 0.25) is 0 Å². The largest absolute Gasteiger partial charge is 0.493 e. The molecule has 0 amide bonds. The fraction of sp³-hybridized carbons (Fsp3) is 0.625. The van der Waals surface area contributed by atoms with Crippen LogP contribution in [0.3, 0.4) is 0 Å². The van der Waals surface area contributed by atoms with Gasteiger partial charge in [0, 0.05) is 6.07 Å². The second-order valence-electron chi connectivity index (χ2n) is 5.66. The van der Waals surface area contributed by atoms with Gasteiger partial charge in [0.05, 0.1) is 6.61 Å². The Bertz CT molecular complexity index is 355. The van der Waals surface area contributed by atoms with Crippen LogP contribution in [0.5, 0.6) is 11.5 Å². The normalized spacial score (nSPS) is 11.4. The first-order chi connectivity index (χ1) is 9.01. The van der Waals surface area contributed by atoms with Crippen molar-refractivity contribution in [3.63, 3.8) is 0 Å². The summed E-state index contributed by atoms with van der Waals surface area (Å²) in [5, 5.41) is 0. The smallest absolute Gasteiger partial charge is 0.169 e. The van der Waals surface area contributed by atoms with Gasteiger partial charge in [-0.1, -0.05) is 32.3 Å². The summed E-state index contributed by atoms with van der Waals surface area (Å²) in [4.78, 5) is 10.5. The van der Waals surface area contributed by atoms with Gasteiger partial charge in [-0.3, -0.25) is 0 Å². The predicted octanol–water partition coefficient (Wildman–Crippen LogP) is 4.75. The van der Waals surface area contributed by atoms with Crippen molar-refractivity contribution >= 4 is 0 Å². The first-order valence-corrected chi connectivity index (χ1v) is 7.10. The lowest BCUT2D eigenvalue weighted by Gasteiger charge is -2.18. The molecule has 0 atom stereocenters. The number of rotatable bonds is 8. The molecule has 0 heterocycles. The Balaban J connectivity index is 2.35. The van der Waals surface area contributed by atoms with Gasteiger partial charge in [0.1, 0.15) is 11.4 Å². The van der Waals surface area contributed by atoms with Gasteiger partial charge in [-0.05, 0) is 39.3 Å². The summed E-state index contributed by atoms with van der Waals surface area (Å²) in [6.45, 7) is 8.80. The van der Waals surface area contributed by atoms with Gasteiger partial charge in [-0.2, -0.15) is 4.89 Å². The average Bonchev–Trinajstić information content (AvgIpc) is 2.36. The molecule has 0 aromatic heterocycles. The van der Waals surface area contributed by atoms with E-state index in [1.165, 1.54) is 19.3 Å². The molecule has 0 saturated heterocycles. The molecule has 0 N–H and O–H groups in total. The molecule has 0 aliphatic heterocycles. The number of hydrogen-bond acceptors (Lipinski definition) is 3. The highest BCUT2D eigenvalue weighted by molar-refractivity contribution is 5.32. The third-order valence-electron chi connectivity index (χ3n) is 2.46. The van der Waals surface area contributed by atoms with E-state index in [2.05, 4.69) is 6.92 Å². The van der Waals surface area contributed by atoms with E-state index in [4.69, 9.17) is 14.5 Å². The first kappa shape index (κ1) is 15.8. The summed E-state index contributed by atoms with van der Waals surface area (Å²) in [5.74, 6) is 1.49. The molecule has 0 aliphatic rings. The highest BCUT2D eigenvalue weighted by atomic mass is 17.2. The van der Waals surface area contributed by atoms with E-state index in [-0.39, 0.29) is 5.60 Å². The molecular weight excluding hydrogens is 240 g/mol. The first-order valence-electron chi connectivity index (χ1n) is 7.10. The van der Waals surface area contributed by atoms with E-state index in [1.54, 1.807) is 0 Å². The Kier molecular flexibility index (Phi) is 6.71. The van der Waals surface area contributed by atoms with Crippen LogP contribution in [0.2, 0.25) is 0 Å². The molecule has 0 spiro atoms. The highest BCUT2D eigenvalue weighted by Crippen LogP contribution is 2.21. The zero-order chi connectivity index (χ0) is 14.1. The maximum atomic E-state index is 5.69. The molecule has 0 bridgehead atoms. The minimum absolute atomic E-state index is 0.322. The lowest BCUT2D eigenvalue weighted by molar-refractivity contribution is -0.274. The van der Waals surface area contributed by atoms with Gasteiger partial charge in [0.25, 0.3) is 0 Å². The number of benzene rings is 1. The van der Waals surface area contributed by atoms with Crippen LogP contribution >= 0.6 is 0 Å². The molecule has 1 aromatic rings. The fourth-order valence-corrected chi connectivity index (χ4v) is 1.51. The SMILES string of the molecule is CCCCCCOc1cccc(OOC(C)(C)C)c1. The second kappa shape index (κ2) is 8.05. The monoisotopic (exact) mass is 266 g/mol. The molecule has 0 radical (unpaired) electrons. The van der Waals surface area contributed by atoms with Crippen LogP contribution in [0.4, 0.5) is 0 Å². The van der Waals surface area contributed by atoms with Crippen LogP contribution in [0, 0.1) is 0 Å². The summed E-state index contributed by atoms with van der Waals surface area (Å²) >= 11 is 0. The van der Waals surface area contributed by atoms with Crippen LogP contribution < -0.4 is 9.62 Å². The minimum Gasteiger partial charge on any atom is -0.493 e. The van der Waals surface area contributed by atoms with E-state index in [0.717, 1.165) is 18.8 Å². The lowest BCUT2D eigenvalue weighted by Crippen LogP contribution is -2.21. The third kappa shape index (κ3) is 7.73. The summed E-state index contributed by atoms with van der Waals surface area (Å²) in [6.07, 6.45) is 4.83. The van der Waals surface area contributed by atoms with Gasteiger partial charge in [-0.25, -0.2) is 0 Å². The maximum Gasteiger partial charge on any atom is 0.169 e. The number of ether oxygens (including phenoxy) is 1. The Morgan fingerprint density at radius 2 is 1.74 bits per heavy atom. The lowest BCUT2D eigenvalue weighted by atomic mass is 10.2. The fourth-order valence-electron chi connectivity index (χ4n) is 1.51.